The number of hydrogen-bond acceptors (Lipinski definition) is 2. The quantitative estimate of drug-likeness (QED) is 0.259. The van der Waals surface area contributed by atoms with Crippen LogP contribution in [-0.4, -0.2) is 72.3 Å². The molecular formula is C11H5F19O3S. The highest BCUT2D eigenvalue weighted by molar-refractivity contribution is 7.85. The van der Waals surface area contributed by atoms with Crippen molar-refractivity contribution in [3.8, 4) is 0 Å². The van der Waals surface area contributed by atoms with E-state index < -0.39 is 75.8 Å². The minimum atomic E-state index is -9.04. The van der Waals surface area contributed by atoms with Crippen molar-refractivity contribution < 1.29 is 96.4 Å². The van der Waals surface area contributed by atoms with Crippen molar-refractivity contribution in [3.63, 3.8) is 0 Å². The van der Waals surface area contributed by atoms with E-state index in [0.717, 1.165) is 0 Å². The Morgan fingerprint density at radius 2 is 0.676 bits per heavy atom. The molecule has 3 nitrogen and oxygen atoms in total. The maximum atomic E-state index is 13.4. The molecule has 206 valence electrons. The largest absolute Gasteiger partial charge is 0.460 e. The van der Waals surface area contributed by atoms with E-state index in [1.165, 1.54) is 0 Å². The molecule has 0 aromatic carbocycles. The van der Waals surface area contributed by atoms with Gasteiger partial charge in [-0.05, 0) is 0 Å². The predicted octanol–water partition coefficient (Wildman–Crippen LogP) is 5.91. The Labute approximate surface area is 173 Å². The maximum absolute atomic E-state index is 13.4. The van der Waals surface area contributed by atoms with Gasteiger partial charge in [0.1, 0.15) is 0 Å². The van der Waals surface area contributed by atoms with E-state index >= 15 is 0 Å². The molecule has 0 aromatic rings. The molecule has 0 aliphatic heterocycles. The molecule has 0 aliphatic carbocycles. The molecule has 0 aliphatic rings. The molecule has 0 fully saturated rings. The molecule has 0 atom stereocenters. The van der Waals surface area contributed by atoms with Gasteiger partial charge >= 0.3 is 53.6 Å². The van der Waals surface area contributed by atoms with E-state index in [-0.39, 0.29) is 0 Å². The SMILES string of the molecule is O=S(=O)(O)CCC(F)(F)C(F)(F)C(F)(F)C(F)(F)C(F)(F)C(F)(F)C(F)(F)C(F)(F)C(F)(F)F. The summed E-state index contributed by atoms with van der Waals surface area (Å²) >= 11 is 0. The van der Waals surface area contributed by atoms with Crippen LogP contribution in [0.3, 0.4) is 0 Å². The van der Waals surface area contributed by atoms with Crippen molar-refractivity contribution in [2.45, 2.75) is 60.0 Å². The highest BCUT2D eigenvalue weighted by Crippen LogP contribution is 2.65. The molecule has 0 radical (unpaired) electrons. The van der Waals surface area contributed by atoms with Crippen LogP contribution in [0.2, 0.25) is 0 Å². The molecule has 0 unspecified atom stereocenters. The first kappa shape index (κ1) is 32.6. The normalized spacial score (nSPS) is 16.7. The van der Waals surface area contributed by atoms with Gasteiger partial charge < -0.3 is 0 Å². The summed E-state index contributed by atoms with van der Waals surface area (Å²) in [5.41, 5.74) is 0. The zero-order valence-electron chi connectivity index (χ0n) is 14.8. The van der Waals surface area contributed by atoms with E-state index in [2.05, 4.69) is 0 Å². The Kier molecular flexibility index (Phi) is 7.71. The third kappa shape index (κ3) is 4.45. The summed E-state index contributed by atoms with van der Waals surface area (Å²) in [5.74, 6) is -70.6. The molecule has 0 saturated carbocycles. The molecule has 0 heterocycles. The van der Waals surface area contributed by atoms with Crippen molar-refractivity contribution >= 4 is 10.1 Å². The average Bonchev–Trinajstić information content (AvgIpc) is 2.57. The van der Waals surface area contributed by atoms with E-state index in [0.29, 0.717) is 0 Å². The fraction of sp³-hybridized carbons (Fsp3) is 1.00. The van der Waals surface area contributed by atoms with E-state index in [4.69, 9.17) is 4.55 Å². The Hall–Kier alpha value is -1.42. The molecule has 1 N–H and O–H groups in total. The van der Waals surface area contributed by atoms with Crippen LogP contribution in [0.4, 0.5) is 83.4 Å². The lowest BCUT2D eigenvalue weighted by Gasteiger charge is -2.43. The summed E-state index contributed by atoms with van der Waals surface area (Å²) in [6.45, 7) is 0. The van der Waals surface area contributed by atoms with E-state index in [9.17, 15) is 91.8 Å². The molecule has 0 spiro atoms. The lowest BCUT2D eigenvalue weighted by Crippen LogP contribution is -2.75. The van der Waals surface area contributed by atoms with Crippen LogP contribution in [0.25, 0.3) is 0 Å². The summed E-state index contributed by atoms with van der Waals surface area (Å²) in [7, 11) is -5.80. The van der Waals surface area contributed by atoms with Gasteiger partial charge in [0, 0.05) is 6.42 Å². The van der Waals surface area contributed by atoms with Gasteiger partial charge in [-0.2, -0.15) is 91.8 Å². The van der Waals surface area contributed by atoms with E-state index in [1.54, 1.807) is 0 Å². The lowest BCUT2D eigenvalue weighted by atomic mass is 9.87. The van der Waals surface area contributed by atoms with Gasteiger partial charge in [-0.3, -0.25) is 4.55 Å². The number of hydrogen-bond donors (Lipinski definition) is 1. The summed E-state index contributed by atoms with van der Waals surface area (Å²) in [5, 5.41) is 0. The topological polar surface area (TPSA) is 54.4 Å². The molecule has 0 rings (SSSR count). The molecule has 23 heteroatoms. The standard InChI is InChI=1S/C11H5F19O3S/c12-3(13,1-2-34(31,32)33)4(14,15)5(16,17)6(18,19)7(20,21)8(22,23)9(24,25)10(26,27)11(28,29)30/h1-2H2,(H,31,32,33). The van der Waals surface area contributed by atoms with Crippen LogP contribution < -0.4 is 0 Å². The third-order valence-electron chi connectivity index (χ3n) is 3.86. The van der Waals surface area contributed by atoms with Gasteiger partial charge in [-0.15, -0.1) is 0 Å². The van der Waals surface area contributed by atoms with Crippen LogP contribution in [0, 0.1) is 0 Å². The van der Waals surface area contributed by atoms with Crippen molar-refractivity contribution in [2.75, 3.05) is 5.75 Å². The first-order valence-electron chi connectivity index (χ1n) is 7.25. The first-order chi connectivity index (χ1) is 14.2. The molecule has 0 amide bonds. The van der Waals surface area contributed by atoms with Gasteiger partial charge in [-0.25, -0.2) is 0 Å². The second-order valence-electron chi connectivity index (χ2n) is 6.26. The summed E-state index contributed by atoms with van der Waals surface area (Å²) in [4.78, 5) is 0. The summed E-state index contributed by atoms with van der Waals surface area (Å²) < 4.78 is 275. The molecule has 34 heavy (non-hydrogen) atoms. The monoisotopic (exact) mass is 578 g/mol. The van der Waals surface area contributed by atoms with Crippen LogP contribution in [0.15, 0.2) is 0 Å². The van der Waals surface area contributed by atoms with Gasteiger partial charge in [0.05, 0.1) is 5.75 Å². The highest BCUT2D eigenvalue weighted by atomic mass is 32.2. The lowest BCUT2D eigenvalue weighted by molar-refractivity contribution is -0.468. The second kappa shape index (κ2) is 8.05. The van der Waals surface area contributed by atoms with Crippen molar-refractivity contribution in [2.24, 2.45) is 0 Å². The summed E-state index contributed by atoms with van der Waals surface area (Å²) in [6, 6.07) is 0. The summed E-state index contributed by atoms with van der Waals surface area (Å²) in [6.07, 6.45) is -11.3. The van der Waals surface area contributed by atoms with Crippen LogP contribution in [0.1, 0.15) is 6.42 Å². The van der Waals surface area contributed by atoms with E-state index in [1.807, 2.05) is 0 Å². The minimum absolute atomic E-state index is 2.69. The first-order valence-corrected chi connectivity index (χ1v) is 8.86. The predicted molar refractivity (Wildman–Crippen MR) is 66.7 cm³/mol. The van der Waals surface area contributed by atoms with Crippen molar-refractivity contribution in [1.82, 2.24) is 0 Å². The third-order valence-corrected chi connectivity index (χ3v) is 4.58. The van der Waals surface area contributed by atoms with Crippen LogP contribution in [-0.2, 0) is 10.1 Å². The fourth-order valence-corrected chi connectivity index (χ4v) is 2.32. The zero-order valence-corrected chi connectivity index (χ0v) is 15.6. The number of rotatable bonds is 10. The Morgan fingerprint density at radius 3 is 0.912 bits per heavy atom. The smallest absolute Gasteiger partial charge is 0.286 e. The zero-order chi connectivity index (χ0) is 28.4. The molecule has 0 saturated heterocycles. The number of alkyl halides is 19. The second-order valence-corrected chi connectivity index (χ2v) is 7.83. The maximum Gasteiger partial charge on any atom is 0.460 e. The van der Waals surface area contributed by atoms with Gasteiger partial charge in [0.25, 0.3) is 10.1 Å². The number of halogens is 19. The Bertz CT molecular complexity index is 855. The molecular weight excluding hydrogens is 573 g/mol. The van der Waals surface area contributed by atoms with Crippen molar-refractivity contribution in [1.29, 1.82) is 0 Å². The van der Waals surface area contributed by atoms with Crippen LogP contribution in [0.5, 0.6) is 0 Å². The minimum Gasteiger partial charge on any atom is -0.286 e. The van der Waals surface area contributed by atoms with Crippen molar-refractivity contribution in [3.05, 3.63) is 0 Å². The van der Waals surface area contributed by atoms with Gasteiger partial charge in [0.15, 0.2) is 0 Å². The Morgan fingerprint density at radius 1 is 0.441 bits per heavy atom. The van der Waals surface area contributed by atoms with Crippen LogP contribution >= 0.6 is 0 Å². The van der Waals surface area contributed by atoms with Gasteiger partial charge in [0.2, 0.25) is 0 Å². The van der Waals surface area contributed by atoms with Gasteiger partial charge in [-0.1, -0.05) is 0 Å². The average molecular weight is 578 g/mol. The molecule has 0 bridgehead atoms. The highest BCUT2D eigenvalue weighted by Gasteiger charge is 2.96. The molecule has 0 aromatic heterocycles. The Balaban J connectivity index is 6.82. The fourth-order valence-electron chi connectivity index (χ4n) is 1.81.